The minimum Gasteiger partial charge on any atom is -0.330 e. The second-order valence-corrected chi connectivity index (χ2v) is 4.72. The number of hydrogen-bond donors (Lipinski definition) is 1. The van der Waals surface area contributed by atoms with E-state index in [1.54, 1.807) is 0 Å². The number of nitrogens with two attached hydrogens (primary N) is 1. The molecule has 0 aliphatic heterocycles. The van der Waals surface area contributed by atoms with Gasteiger partial charge in [0.2, 0.25) is 0 Å². The quantitative estimate of drug-likeness (QED) is 0.744. The van der Waals surface area contributed by atoms with Gasteiger partial charge in [0, 0.05) is 16.8 Å². The summed E-state index contributed by atoms with van der Waals surface area (Å²) < 4.78 is 0. The predicted octanol–water partition coefficient (Wildman–Crippen LogP) is 2.37. The summed E-state index contributed by atoms with van der Waals surface area (Å²) in [6.07, 6.45) is 2.63. The number of rotatable bonds is 2. The van der Waals surface area contributed by atoms with Crippen molar-refractivity contribution in [3.63, 3.8) is 0 Å². The van der Waals surface area contributed by atoms with Gasteiger partial charge in [0.25, 0.3) is 0 Å². The van der Waals surface area contributed by atoms with E-state index in [9.17, 15) is 0 Å². The number of thiophene rings is 1. The topological polar surface area (TPSA) is 26.0 Å². The molecule has 2 heteroatoms. The van der Waals surface area contributed by atoms with Crippen molar-refractivity contribution in [3.05, 3.63) is 22.4 Å². The molecule has 1 aliphatic carbocycles. The molecule has 2 rings (SSSR count). The Balaban J connectivity index is 2.30. The number of hydrogen-bond acceptors (Lipinski definition) is 2. The Labute approximate surface area is 77.6 Å². The predicted molar refractivity (Wildman–Crippen MR) is 53.4 cm³/mol. The Morgan fingerprint density at radius 3 is 2.92 bits per heavy atom. The summed E-state index contributed by atoms with van der Waals surface area (Å²) in [6, 6.07) is 4.36. The highest BCUT2D eigenvalue weighted by Gasteiger charge is 2.44. The van der Waals surface area contributed by atoms with Crippen LogP contribution in [0.2, 0.25) is 0 Å². The van der Waals surface area contributed by atoms with Crippen LogP contribution in [-0.2, 0) is 5.41 Å². The molecule has 0 amide bonds. The van der Waals surface area contributed by atoms with E-state index in [2.05, 4.69) is 24.4 Å². The molecule has 1 heterocycles. The molecular weight excluding hydrogens is 166 g/mol. The molecule has 0 saturated heterocycles. The minimum absolute atomic E-state index is 0.341. The average molecular weight is 181 g/mol. The van der Waals surface area contributed by atoms with Crippen molar-refractivity contribution in [2.45, 2.75) is 25.2 Å². The summed E-state index contributed by atoms with van der Waals surface area (Å²) in [5.41, 5.74) is 6.20. The van der Waals surface area contributed by atoms with E-state index in [1.807, 2.05) is 11.3 Å². The third-order valence-electron chi connectivity index (χ3n) is 3.34. The van der Waals surface area contributed by atoms with Crippen LogP contribution in [0.4, 0.5) is 0 Å². The molecule has 1 aliphatic rings. The zero-order chi connectivity index (χ0) is 8.60. The maximum absolute atomic E-state index is 5.86. The van der Waals surface area contributed by atoms with Gasteiger partial charge in [-0.25, -0.2) is 0 Å². The third kappa shape index (κ3) is 0.947. The first-order valence-corrected chi connectivity index (χ1v) is 5.41. The second-order valence-electron chi connectivity index (χ2n) is 3.78. The second kappa shape index (κ2) is 2.86. The molecule has 12 heavy (non-hydrogen) atoms. The van der Waals surface area contributed by atoms with E-state index in [4.69, 9.17) is 5.73 Å². The zero-order valence-electron chi connectivity index (χ0n) is 7.42. The van der Waals surface area contributed by atoms with Crippen LogP contribution < -0.4 is 5.73 Å². The van der Waals surface area contributed by atoms with E-state index < -0.39 is 0 Å². The third-order valence-corrected chi connectivity index (χ3v) is 4.43. The Bertz CT molecular complexity index is 251. The molecule has 1 aromatic heterocycles. The maximum atomic E-state index is 5.86. The fourth-order valence-electron chi connectivity index (χ4n) is 2.11. The lowest BCUT2D eigenvalue weighted by atomic mass is 9.60. The molecule has 1 nitrogen and oxygen atoms in total. The van der Waals surface area contributed by atoms with E-state index in [0.29, 0.717) is 5.41 Å². The molecule has 2 N–H and O–H groups in total. The first kappa shape index (κ1) is 8.27. The molecule has 1 saturated carbocycles. The molecule has 0 aromatic carbocycles. The van der Waals surface area contributed by atoms with Crippen molar-refractivity contribution in [2.75, 3.05) is 6.54 Å². The van der Waals surface area contributed by atoms with Crippen molar-refractivity contribution >= 4 is 11.3 Å². The monoisotopic (exact) mass is 181 g/mol. The lowest BCUT2D eigenvalue weighted by Gasteiger charge is -2.47. The summed E-state index contributed by atoms with van der Waals surface area (Å²) in [5, 5.41) is 2.15. The highest BCUT2D eigenvalue weighted by atomic mass is 32.1. The van der Waals surface area contributed by atoms with Crippen molar-refractivity contribution in [2.24, 2.45) is 11.7 Å². The van der Waals surface area contributed by atoms with Gasteiger partial charge < -0.3 is 5.73 Å². The molecule has 1 fully saturated rings. The Hall–Kier alpha value is -0.340. The Morgan fingerprint density at radius 2 is 2.58 bits per heavy atom. The standard InChI is InChI=1S/C10H15NS/c1-8-4-5-10(8,7-11)9-3-2-6-12-9/h2-3,6,8H,4-5,7,11H2,1H3. The summed E-state index contributed by atoms with van der Waals surface area (Å²) in [4.78, 5) is 1.49. The fraction of sp³-hybridized carbons (Fsp3) is 0.600. The van der Waals surface area contributed by atoms with Gasteiger partial charge in [0.15, 0.2) is 0 Å². The van der Waals surface area contributed by atoms with E-state index in [0.717, 1.165) is 12.5 Å². The summed E-state index contributed by atoms with van der Waals surface area (Å²) >= 11 is 1.85. The van der Waals surface area contributed by atoms with Gasteiger partial charge in [-0.1, -0.05) is 13.0 Å². The molecule has 2 atom stereocenters. The van der Waals surface area contributed by atoms with Gasteiger partial charge in [0.1, 0.15) is 0 Å². The molecule has 0 radical (unpaired) electrons. The van der Waals surface area contributed by atoms with Crippen LogP contribution in [0.25, 0.3) is 0 Å². The fourth-order valence-corrected chi connectivity index (χ4v) is 3.20. The summed E-state index contributed by atoms with van der Waals surface area (Å²) in [6.45, 7) is 3.13. The summed E-state index contributed by atoms with van der Waals surface area (Å²) in [7, 11) is 0. The molecule has 0 bridgehead atoms. The van der Waals surface area contributed by atoms with Crippen molar-refractivity contribution in [1.82, 2.24) is 0 Å². The van der Waals surface area contributed by atoms with Crippen LogP contribution in [0.3, 0.4) is 0 Å². The lowest BCUT2D eigenvalue weighted by molar-refractivity contribution is 0.150. The van der Waals surface area contributed by atoms with Crippen molar-refractivity contribution < 1.29 is 0 Å². The first-order valence-electron chi connectivity index (χ1n) is 4.53. The molecule has 66 valence electrons. The lowest BCUT2D eigenvalue weighted by Crippen LogP contribution is -2.48. The van der Waals surface area contributed by atoms with Gasteiger partial charge in [-0.3, -0.25) is 0 Å². The SMILES string of the molecule is CC1CCC1(CN)c1cccs1. The minimum atomic E-state index is 0.341. The van der Waals surface area contributed by atoms with Crippen LogP contribution in [0.5, 0.6) is 0 Å². The molecule has 0 spiro atoms. The van der Waals surface area contributed by atoms with Crippen LogP contribution in [0, 0.1) is 5.92 Å². The zero-order valence-corrected chi connectivity index (χ0v) is 8.23. The maximum Gasteiger partial charge on any atom is 0.0195 e. The Morgan fingerprint density at radius 1 is 1.75 bits per heavy atom. The largest absolute Gasteiger partial charge is 0.330 e. The average Bonchev–Trinajstić information content (AvgIpc) is 2.57. The normalized spacial score (nSPS) is 34.7. The van der Waals surface area contributed by atoms with Crippen molar-refractivity contribution in [3.8, 4) is 0 Å². The van der Waals surface area contributed by atoms with Gasteiger partial charge in [0.05, 0.1) is 0 Å². The van der Waals surface area contributed by atoms with E-state index in [1.165, 1.54) is 17.7 Å². The van der Waals surface area contributed by atoms with Crippen LogP contribution in [0.1, 0.15) is 24.6 Å². The Kier molecular flexibility index (Phi) is 1.97. The highest BCUT2D eigenvalue weighted by molar-refractivity contribution is 7.10. The molecule has 2 unspecified atom stereocenters. The van der Waals surface area contributed by atoms with E-state index >= 15 is 0 Å². The highest BCUT2D eigenvalue weighted by Crippen LogP contribution is 2.49. The van der Waals surface area contributed by atoms with Crippen molar-refractivity contribution in [1.29, 1.82) is 0 Å². The van der Waals surface area contributed by atoms with E-state index in [-0.39, 0.29) is 0 Å². The van der Waals surface area contributed by atoms with Gasteiger partial charge in [-0.05, 0) is 30.2 Å². The van der Waals surface area contributed by atoms with Gasteiger partial charge >= 0.3 is 0 Å². The van der Waals surface area contributed by atoms with Crippen LogP contribution in [-0.4, -0.2) is 6.54 Å². The molecule has 1 aromatic rings. The molecular formula is C10H15NS. The van der Waals surface area contributed by atoms with Crippen LogP contribution >= 0.6 is 11.3 Å². The summed E-state index contributed by atoms with van der Waals surface area (Å²) in [5.74, 6) is 0.779. The van der Waals surface area contributed by atoms with Gasteiger partial charge in [-0.15, -0.1) is 11.3 Å². The van der Waals surface area contributed by atoms with Crippen LogP contribution in [0.15, 0.2) is 17.5 Å². The smallest absolute Gasteiger partial charge is 0.0195 e. The van der Waals surface area contributed by atoms with Gasteiger partial charge in [-0.2, -0.15) is 0 Å². The first-order chi connectivity index (χ1) is 5.79.